The molecule has 0 spiro atoms. The molecule has 0 saturated heterocycles. The molecule has 1 saturated carbocycles. The zero-order chi connectivity index (χ0) is 14.2. The molecule has 3 rings (SSSR count). The molecule has 6 nitrogen and oxygen atoms in total. The zero-order valence-corrected chi connectivity index (χ0v) is 11.8. The number of nitrogens with zero attached hydrogens (tertiary/aromatic N) is 3. The summed E-state index contributed by atoms with van der Waals surface area (Å²) in [5.41, 5.74) is 1.92. The first kappa shape index (κ1) is 13.0. The lowest BCUT2D eigenvalue weighted by atomic mass is 10.1. The molecule has 0 aromatic carbocycles. The van der Waals surface area contributed by atoms with Crippen LogP contribution in [0.15, 0.2) is 35.7 Å². The van der Waals surface area contributed by atoms with Gasteiger partial charge in [0.15, 0.2) is 0 Å². The molecule has 2 heterocycles. The summed E-state index contributed by atoms with van der Waals surface area (Å²) in [6.45, 7) is 1.90. The number of nitrogens with one attached hydrogen (secondary N) is 1. The van der Waals surface area contributed by atoms with Crippen molar-refractivity contribution in [3.63, 3.8) is 0 Å². The molecule has 2 aromatic heterocycles. The molecule has 0 unspecified atom stereocenters. The number of hydrogen-bond acceptors (Lipinski definition) is 5. The van der Waals surface area contributed by atoms with Crippen LogP contribution in [0.5, 0.6) is 0 Å². The molecule has 1 aliphatic carbocycles. The Morgan fingerprint density at radius 3 is 2.75 bits per heavy atom. The molecule has 2 aromatic rings. The summed E-state index contributed by atoms with van der Waals surface area (Å²) in [4.78, 5) is 12.0. The van der Waals surface area contributed by atoms with E-state index in [0.29, 0.717) is 5.92 Å². The van der Waals surface area contributed by atoms with Crippen LogP contribution in [0.25, 0.3) is 0 Å². The van der Waals surface area contributed by atoms with Crippen LogP contribution in [0.3, 0.4) is 0 Å². The second kappa shape index (κ2) is 4.82. The summed E-state index contributed by atoms with van der Waals surface area (Å²) in [7, 11) is -3.66. The number of pyridine rings is 1. The van der Waals surface area contributed by atoms with Gasteiger partial charge < -0.3 is 0 Å². The summed E-state index contributed by atoms with van der Waals surface area (Å²) in [6, 6.07) is 3.21. The Kier molecular flexibility index (Phi) is 3.13. The largest absolute Gasteiger partial charge is 0.264 e. The molecule has 7 heteroatoms. The van der Waals surface area contributed by atoms with Crippen LogP contribution in [-0.4, -0.2) is 23.4 Å². The van der Waals surface area contributed by atoms with E-state index in [1.807, 2.05) is 6.92 Å². The molecule has 0 aliphatic heterocycles. The van der Waals surface area contributed by atoms with Crippen molar-refractivity contribution in [3.05, 3.63) is 42.1 Å². The van der Waals surface area contributed by atoms with Crippen LogP contribution in [0, 0.1) is 6.92 Å². The van der Waals surface area contributed by atoms with Crippen molar-refractivity contribution >= 4 is 15.8 Å². The molecule has 1 aliphatic rings. The number of aromatic nitrogens is 3. The molecular weight excluding hydrogens is 276 g/mol. The highest BCUT2D eigenvalue weighted by molar-refractivity contribution is 7.92. The Morgan fingerprint density at radius 2 is 2.10 bits per heavy atom. The van der Waals surface area contributed by atoms with E-state index in [-0.39, 0.29) is 10.7 Å². The maximum atomic E-state index is 12.3. The average Bonchev–Trinajstić information content (AvgIpc) is 3.24. The predicted molar refractivity (Wildman–Crippen MR) is 73.8 cm³/mol. The fourth-order valence-corrected chi connectivity index (χ4v) is 3.02. The highest BCUT2D eigenvalue weighted by atomic mass is 32.2. The fraction of sp³-hybridized carbons (Fsp3) is 0.308. The third-order valence-corrected chi connectivity index (χ3v) is 4.57. The van der Waals surface area contributed by atoms with Crippen LogP contribution < -0.4 is 4.72 Å². The van der Waals surface area contributed by atoms with Gasteiger partial charge in [0.25, 0.3) is 10.0 Å². The van der Waals surface area contributed by atoms with Crippen molar-refractivity contribution in [2.75, 3.05) is 4.72 Å². The summed E-state index contributed by atoms with van der Waals surface area (Å²) in [5, 5.41) is 0. The van der Waals surface area contributed by atoms with Crippen molar-refractivity contribution < 1.29 is 8.42 Å². The quantitative estimate of drug-likeness (QED) is 0.929. The van der Waals surface area contributed by atoms with Gasteiger partial charge in [-0.25, -0.2) is 18.4 Å². The minimum absolute atomic E-state index is 0.170. The number of rotatable bonds is 4. The smallest absolute Gasteiger partial charge is 0.263 e. The molecule has 20 heavy (non-hydrogen) atoms. The number of anilines is 1. The first-order valence-corrected chi connectivity index (χ1v) is 7.80. The summed E-state index contributed by atoms with van der Waals surface area (Å²) in [6.07, 6.45) is 6.36. The monoisotopic (exact) mass is 290 g/mol. The van der Waals surface area contributed by atoms with Crippen molar-refractivity contribution in [2.24, 2.45) is 0 Å². The molecule has 104 valence electrons. The van der Waals surface area contributed by atoms with Gasteiger partial charge in [-0.05, 0) is 43.4 Å². The summed E-state index contributed by atoms with van der Waals surface area (Å²) >= 11 is 0. The zero-order valence-electron chi connectivity index (χ0n) is 10.9. The fourth-order valence-electron chi connectivity index (χ4n) is 2.03. The maximum Gasteiger partial charge on any atom is 0.264 e. The summed E-state index contributed by atoms with van der Waals surface area (Å²) in [5.74, 6) is 0.699. The van der Waals surface area contributed by atoms with E-state index in [0.717, 1.165) is 24.1 Å². The first-order valence-electron chi connectivity index (χ1n) is 6.31. The number of hydrogen-bond donors (Lipinski definition) is 1. The molecule has 0 bridgehead atoms. The van der Waals surface area contributed by atoms with Crippen molar-refractivity contribution in [3.8, 4) is 0 Å². The van der Waals surface area contributed by atoms with Crippen LogP contribution in [-0.2, 0) is 10.0 Å². The Hall–Kier alpha value is -2.02. The number of aryl methyl sites for hydroxylation is 1. The second-order valence-electron chi connectivity index (χ2n) is 4.82. The molecule has 0 atom stereocenters. The third kappa shape index (κ3) is 2.62. The highest BCUT2D eigenvalue weighted by Gasteiger charge is 2.27. The lowest BCUT2D eigenvalue weighted by Gasteiger charge is -2.09. The second-order valence-corrected chi connectivity index (χ2v) is 6.50. The Balaban J connectivity index is 1.93. The van der Waals surface area contributed by atoms with Gasteiger partial charge >= 0.3 is 0 Å². The van der Waals surface area contributed by atoms with Gasteiger partial charge in [-0.15, -0.1) is 0 Å². The molecule has 0 radical (unpaired) electrons. The van der Waals surface area contributed by atoms with Crippen LogP contribution in [0.4, 0.5) is 5.82 Å². The molecule has 1 fully saturated rings. The van der Waals surface area contributed by atoms with E-state index in [9.17, 15) is 8.42 Å². The van der Waals surface area contributed by atoms with Crippen molar-refractivity contribution in [1.29, 1.82) is 0 Å². The van der Waals surface area contributed by atoms with E-state index in [1.54, 1.807) is 6.07 Å². The van der Waals surface area contributed by atoms with Crippen LogP contribution >= 0.6 is 0 Å². The SMILES string of the molecule is Cc1ncc(S(=O)(=O)Nc2ccncn2)cc1C1CC1. The van der Waals surface area contributed by atoms with Gasteiger partial charge in [0.2, 0.25) is 0 Å². The van der Waals surface area contributed by atoms with Crippen molar-refractivity contribution in [2.45, 2.75) is 30.6 Å². The maximum absolute atomic E-state index is 12.3. The van der Waals surface area contributed by atoms with Gasteiger partial charge in [-0.1, -0.05) is 0 Å². The van der Waals surface area contributed by atoms with Gasteiger partial charge in [-0.2, -0.15) is 0 Å². The van der Waals surface area contributed by atoms with Gasteiger partial charge in [0.05, 0.1) is 0 Å². The van der Waals surface area contributed by atoms with E-state index in [1.165, 1.54) is 24.8 Å². The van der Waals surface area contributed by atoms with E-state index in [4.69, 9.17) is 0 Å². The lowest BCUT2D eigenvalue weighted by Crippen LogP contribution is -2.15. The van der Waals surface area contributed by atoms with Crippen LogP contribution in [0.1, 0.15) is 30.0 Å². The third-order valence-electron chi connectivity index (χ3n) is 3.25. The van der Waals surface area contributed by atoms with E-state index >= 15 is 0 Å². The highest BCUT2D eigenvalue weighted by Crippen LogP contribution is 2.41. The van der Waals surface area contributed by atoms with Gasteiger partial charge in [0.1, 0.15) is 17.0 Å². The predicted octanol–water partition coefficient (Wildman–Crippen LogP) is 1.86. The summed E-state index contributed by atoms with van der Waals surface area (Å²) < 4.78 is 27.0. The first-order chi connectivity index (χ1) is 9.56. The minimum atomic E-state index is -3.66. The lowest BCUT2D eigenvalue weighted by molar-refractivity contribution is 0.600. The van der Waals surface area contributed by atoms with E-state index < -0.39 is 10.0 Å². The topological polar surface area (TPSA) is 84.8 Å². The molecular formula is C13H14N4O2S. The van der Waals surface area contributed by atoms with E-state index in [2.05, 4.69) is 19.7 Å². The minimum Gasteiger partial charge on any atom is -0.263 e. The normalized spacial score (nSPS) is 15.1. The molecule has 0 amide bonds. The number of sulfonamides is 1. The van der Waals surface area contributed by atoms with Gasteiger partial charge in [-0.3, -0.25) is 9.71 Å². The average molecular weight is 290 g/mol. The van der Waals surface area contributed by atoms with Crippen LogP contribution in [0.2, 0.25) is 0 Å². The Morgan fingerprint density at radius 1 is 1.30 bits per heavy atom. The molecule has 1 N–H and O–H groups in total. The standard InChI is InChI=1S/C13H14N4O2S/c1-9-12(10-2-3-10)6-11(7-15-9)20(18,19)17-13-4-5-14-8-16-13/h4-8,10H,2-3H2,1H3,(H,14,16,17). The van der Waals surface area contributed by atoms with Gasteiger partial charge in [0, 0.05) is 18.1 Å². The Bertz CT molecular complexity index is 727. The van der Waals surface area contributed by atoms with Crippen molar-refractivity contribution in [1.82, 2.24) is 15.0 Å². The Labute approximate surface area is 117 Å².